The van der Waals surface area contributed by atoms with E-state index in [-0.39, 0.29) is 36.0 Å². The number of hydrogen-bond donors (Lipinski definition) is 0. The van der Waals surface area contributed by atoms with Crippen molar-refractivity contribution in [3.63, 3.8) is 0 Å². The van der Waals surface area contributed by atoms with Crippen LogP contribution in [0.25, 0.3) is 22.1 Å². The zero-order chi connectivity index (χ0) is 28.2. The van der Waals surface area contributed by atoms with Crippen LogP contribution in [-0.2, 0) is 10.2 Å². The van der Waals surface area contributed by atoms with Crippen LogP contribution in [-0.4, -0.2) is 25.9 Å². The van der Waals surface area contributed by atoms with Gasteiger partial charge in [0.1, 0.15) is 11.5 Å². The van der Waals surface area contributed by atoms with Crippen molar-refractivity contribution in [3.8, 4) is 23.3 Å². The van der Waals surface area contributed by atoms with Crippen LogP contribution < -0.4 is 44.1 Å². The summed E-state index contributed by atoms with van der Waals surface area (Å²) >= 11 is 0. The van der Waals surface area contributed by atoms with E-state index in [1.807, 2.05) is 104 Å². The fourth-order valence-corrected chi connectivity index (χ4v) is 4.81. The summed E-state index contributed by atoms with van der Waals surface area (Å²) in [6.45, 7) is 2.02. The van der Waals surface area contributed by atoms with Crippen molar-refractivity contribution < 1.29 is 48.9 Å². The van der Waals surface area contributed by atoms with E-state index in [4.69, 9.17) is 9.47 Å². The Labute approximate surface area is 264 Å². The molecule has 2 heterocycles. The van der Waals surface area contributed by atoms with Crippen LogP contribution in [0, 0.1) is 0 Å². The molecule has 0 spiro atoms. The SMILES string of the molecule is CC(CCC(=O)[O-])(c1ccc(Oc2cnc3ccccc3n2)cc1)c1ccc(Oc2cnc3ccccc3n2)cc1.[Na+]. The second-order valence-electron chi connectivity index (χ2n) is 9.85. The Morgan fingerprint density at radius 3 is 1.48 bits per heavy atom. The summed E-state index contributed by atoms with van der Waals surface area (Å²) < 4.78 is 11.9. The molecule has 6 rings (SSSR count). The predicted octanol–water partition coefficient (Wildman–Crippen LogP) is 3.00. The molecule has 4 aromatic carbocycles. The van der Waals surface area contributed by atoms with E-state index in [2.05, 4.69) is 19.9 Å². The first-order chi connectivity index (χ1) is 20.0. The zero-order valence-corrected chi connectivity index (χ0v) is 25.2. The van der Waals surface area contributed by atoms with Crippen LogP contribution >= 0.6 is 0 Å². The van der Waals surface area contributed by atoms with Gasteiger partial charge in [0, 0.05) is 11.4 Å². The maximum atomic E-state index is 11.4. The van der Waals surface area contributed by atoms with Gasteiger partial charge in [-0.2, -0.15) is 0 Å². The second kappa shape index (κ2) is 12.7. The second-order valence-corrected chi connectivity index (χ2v) is 9.85. The van der Waals surface area contributed by atoms with E-state index >= 15 is 0 Å². The Morgan fingerprint density at radius 1 is 0.667 bits per heavy atom. The largest absolute Gasteiger partial charge is 1.00 e. The van der Waals surface area contributed by atoms with Gasteiger partial charge in [0.15, 0.2) is 0 Å². The fraction of sp³-hybridized carbons (Fsp3) is 0.121. The van der Waals surface area contributed by atoms with Crippen LogP contribution in [0.2, 0.25) is 0 Å². The molecule has 0 radical (unpaired) electrons. The van der Waals surface area contributed by atoms with Gasteiger partial charge < -0.3 is 19.4 Å². The number of fused-ring (bicyclic) bond motifs is 2. The summed E-state index contributed by atoms with van der Waals surface area (Å²) in [7, 11) is 0. The van der Waals surface area contributed by atoms with E-state index in [0.29, 0.717) is 29.7 Å². The molecule has 0 bridgehead atoms. The van der Waals surface area contributed by atoms with E-state index in [1.54, 1.807) is 12.4 Å². The summed E-state index contributed by atoms with van der Waals surface area (Å²) in [4.78, 5) is 29.3. The number of carbonyl (C=O) groups is 1. The number of aromatic nitrogens is 4. The fourth-order valence-electron chi connectivity index (χ4n) is 4.81. The standard InChI is InChI=1S/C33H26N4O4.Na/c1-33(19-18-32(38)39,22-10-14-24(15-11-22)40-30-20-34-26-6-2-4-8-28(26)36-30)23-12-16-25(17-13-23)41-31-21-35-27-7-3-5-9-29(27)37-31;/h2-17,20-21H,18-19H2,1H3,(H,38,39);/q;+1/p-1. The minimum absolute atomic E-state index is 0. The molecule has 42 heavy (non-hydrogen) atoms. The molecule has 0 saturated carbocycles. The molecule has 9 heteroatoms. The Balaban J connectivity index is 0.00000353. The molecule has 0 atom stereocenters. The van der Waals surface area contributed by atoms with Gasteiger partial charge in [-0.1, -0.05) is 55.5 Å². The molecule has 2 aromatic heterocycles. The number of para-hydroxylation sites is 4. The van der Waals surface area contributed by atoms with Crippen LogP contribution in [0.3, 0.4) is 0 Å². The summed E-state index contributed by atoms with van der Waals surface area (Å²) in [6, 6.07) is 30.3. The Morgan fingerprint density at radius 2 is 1.07 bits per heavy atom. The first-order valence-corrected chi connectivity index (χ1v) is 13.2. The average Bonchev–Trinajstić information content (AvgIpc) is 3.00. The molecular formula is C33H25N4NaO4. The third-order valence-corrected chi connectivity index (χ3v) is 7.11. The van der Waals surface area contributed by atoms with Gasteiger partial charge >= 0.3 is 29.6 Å². The minimum Gasteiger partial charge on any atom is -0.550 e. The summed E-state index contributed by atoms with van der Waals surface area (Å²) in [5.41, 5.74) is 4.34. The molecule has 0 aliphatic heterocycles. The van der Waals surface area contributed by atoms with Crippen LogP contribution in [0.1, 0.15) is 30.9 Å². The van der Waals surface area contributed by atoms with Gasteiger partial charge in [-0.25, -0.2) is 19.9 Å². The molecule has 0 unspecified atom stereocenters. The van der Waals surface area contributed by atoms with Gasteiger partial charge in [-0.15, -0.1) is 0 Å². The summed E-state index contributed by atoms with van der Waals surface area (Å²) in [5, 5.41) is 11.4. The number of carbonyl (C=O) groups excluding carboxylic acids is 1. The predicted molar refractivity (Wildman–Crippen MR) is 153 cm³/mol. The molecule has 0 saturated heterocycles. The maximum Gasteiger partial charge on any atom is 1.00 e. The van der Waals surface area contributed by atoms with E-state index < -0.39 is 11.4 Å². The van der Waals surface area contributed by atoms with Crippen molar-refractivity contribution in [1.82, 2.24) is 19.9 Å². The van der Waals surface area contributed by atoms with Crippen molar-refractivity contribution in [2.45, 2.75) is 25.2 Å². The Hall–Kier alpha value is -4.37. The van der Waals surface area contributed by atoms with E-state index in [9.17, 15) is 9.90 Å². The first-order valence-electron chi connectivity index (χ1n) is 13.2. The first kappa shape index (κ1) is 29.1. The molecule has 0 N–H and O–H groups in total. The van der Waals surface area contributed by atoms with Crippen LogP contribution in [0.4, 0.5) is 0 Å². The van der Waals surface area contributed by atoms with Gasteiger partial charge in [0.05, 0.1) is 34.5 Å². The van der Waals surface area contributed by atoms with Crippen molar-refractivity contribution >= 4 is 28.0 Å². The number of ether oxygens (including phenoxy) is 2. The molecule has 6 aromatic rings. The number of aliphatic carboxylic acids is 1. The molecular weight excluding hydrogens is 539 g/mol. The van der Waals surface area contributed by atoms with Crippen molar-refractivity contribution in [3.05, 3.63) is 121 Å². The smallest absolute Gasteiger partial charge is 0.550 e. The monoisotopic (exact) mass is 564 g/mol. The summed E-state index contributed by atoms with van der Waals surface area (Å²) in [6.07, 6.45) is 3.44. The van der Waals surface area contributed by atoms with Crippen LogP contribution in [0.5, 0.6) is 23.3 Å². The van der Waals surface area contributed by atoms with Gasteiger partial charge in [0.2, 0.25) is 11.8 Å². The quantitative estimate of drug-likeness (QED) is 0.247. The van der Waals surface area contributed by atoms with Gasteiger partial charge in [0.25, 0.3) is 0 Å². The molecule has 0 amide bonds. The normalized spacial score (nSPS) is 11.2. The third kappa shape index (κ3) is 6.41. The van der Waals surface area contributed by atoms with Crippen LogP contribution in [0.15, 0.2) is 109 Å². The zero-order valence-electron chi connectivity index (χ0n) is 23.2. The number of carboxylic acid groups (broad SMARTS) is 1. The van der Waals surface area contributed by atoms with Crippen molar-refractivity contribution in [2.75, 3.05) is 0 Å². The molecule has 8 nitrogen and oxygen atoms in total. The minimum atomic E-state index is -1.10. The maximum absolute atomic E-state index is 11.4. The van der Waals surface area contributed by atoms with Crippen molar-refractivity contribution in [1.29, 1.82) is 0 Å². The Bertz CT molecular complexity index is 1720. The Kier molecular flexibility index (Phi) is 8.77. The topological polar surface area (TPSA) is 110 Å². The van der Waals surface area contributed by atoms with E-state index in [0.717, 1.165) is 33.2 Å². The molecule has 0 aliphatic rings. The average molecular weight is 565 g/mol. The molecule has 202 valence electrons. The number of benzene rings is 4. The van der Waals surface area contributed by atoms with E-state index in [1.165, 1.54) is 0 Å². The number of carboxylic acids is 1. The van der Waals surface area contributed by atoms with Gasteiger partial charge in [-0.3, -0.25) is 0 Å². The number of hydrogen-bond acceptors (Lipinski definition) is 8. The number of nitrogens with zero attached hydrogens (tertiary/aromatic N) is 4. The molecule has 0 aliphatic carbocycles. The third-order valence-electron chi connectivity index (χ3n) is 7.11. The molecule has 0 fully saturated rings. The van der Waals surface area contributed by atoms with Crippen molar-refractivity contribution in [2.24, 2.45) is 0 Å². The summed E-state index contributed by atoms with van der Waals surface area (Å²) in [5.74, 6) is 0.883. The van der Waals surface area contributed by atoms with Gasteiger partial charge in [-0.05, 0) is 72.5 Å². The number of rotatable bonds is 9.